The van der Waals surface area contributed by atoms with Crippen molar-refractivity contribution in [3.8, 4) is 0 Å². The largest absolute Gasteiger partial charge is 0.357 e. The maximum Gasteiger partial charge on any atom is 0.193 e. The third-order valence-corrected chi connectivity index (χ3v) is 6.41. The van der Waals surface area contributed by atoms with Crippen molar-refractivity contribution in [2.24, 2.45) is 4.99 Å². The molecule has 0 radical (unpaired) electrons. The van der Waals surface area contributed by atoms with Crippen LogP contribution in [0.25, 0.3) is 0 Å². The van der Waals surface area contributed by atoms with Gasteiger partial charge in [0.1, 0.15) is 0 Å². The van der Waals surface area contributed by atoms with E-state index in [0.29, 0.717) is 4.75 Å². The molecule has 0 unspecified atom stereocenters. The molecular weight excluding hydrogens is 457 g/mol. The van der Waals surface area contributed by atoms with Crippen molar-refractivity contribution in [3.05, 3.63) is 0 Å². The van der Waals surface area contributed by atoms with Crippen LogP contribution in [0.4, 0.5) is 0 Å². The third-order valence-electron chi connectivity index (χ3n) is 5.12. The van der Waals surface area contributed by atoms with Crippen molar-refractivity contribution in [3.63, 3.8) is 0 Å². The first-order chi connectivity index (χ1) is 12.0. The molecule has 7 heteroatoms. The molecule has 0 spiro atoms. The van der Waals surface area contributed by atoms with Crippen LogP contribution in [0.1, 0.15) is 40.5 Å². The molecule has 2 heterocycles. The van der Waals surface area contributed by atoms with E-state index in [4.69, 9.17) is 4.99 Å². The lowest BCUT2D eigenvalue weighted by atomic mass is 10.2. The molecule has 1 N–H and O–H groups in total. The molecule has 2 saturated heterocycles. The van der Waals surface area contributed by atoms with Crippen molar-refractivity contribution >= 4 is 41.7 Å². The van der Waals surface area contributed by atoms with Crippen LogP contribution >= 0.6 is 35.7 Å². The predicted molar refractivity (Wildman–Crippen MR) is 127 cm³/mol. The van der Waals surface area contributed by atoms with E-state index in [1.165, 1.54) is 57.9 Å². The van der Waals surface area contributed by atoms with Crippen molar-refractivity contribution in [1.82, 2.24) is 20.0 Å². The van der Waals surface area contributed by atoms with E-state index in [-0.39, 0.29) is 24.0 Å². The van der Waals surface area contributed by atoms with E-state index in [1.807, 2.05) is 0 Å². The van der Waals surface area contributed by atoms with E-state index in [9.17, 15) is 0 Å². The number of rotatable bonds is 7. The highest BCUT2D eigenvalue weighted by atomic mass is 127. The van der Waals surface area contributed by atoms with Gasteiger partial charge in [-0.15, -0.1) is 24.0 Å². The summed E-state index contributed by atoms with van der Waals surface area (Å²) < 4.78 is 0.328. The molecule has 0 aromatic rings. The Balaban J connectivity index is 0.00000338. The Hall–Kier alpha value is 0.270. The number of piperazine rings is 1. The molecule has 0 saturated carbocycles. The lowest BCUT2D eigenvalue weighted by Gasteiger charge is -2.39. The van der Waals surface area contributed by atoms with Crippen LogP contribution < -0.4 is 5.32 Å². The second kappa shape index (κ2) is 12.7. The predicted octanol–water partition coefficient (Wildman–Crippen LogP) is 2.82. The van der Waals surface area contributed by atoms with E-state index < -0.39 is 0 Å². The maximum atomic E-state index is 4.91. The second-order valence-electron chi connectivity index (χ2n) is 7.75. The molecule has 0 aromatic carbocycles. The molecule has 5 nitrogen and oxygen atoms in total. The lowest BCUT2D eigenvalue weighted by molar-refractivity contribution is 0.136. The Morgan fingerprint density at radius 3 is 2.35 bits per heavy atom. The zero-order chi connectivity index (χ0) is 18.1. The topological polar surface area (TPSA) is 34.1 Å². The summed E-state index contributed by atoms with van der Waals surface area (Å²) in [5.41, 5.74) is 0. The second-order valence-corrected chi connectivity index (χ2v) is 9.55. The molecule has 0 aromatic heterocycles. The first kappa shape index (κ1) is 24.3. The average Bonchev–Trinajstić information content (AvgIpc) is 2.60. The number of hydrogen-bond acceptors (Lipinski definition) is 4. The van der Waals surface area contributed by atoms with Gasteiger partial charge in [-0.05, 0) is 46.7 Å². The van der Waals surface area contributed by atoms with E-state index in [2.05, 4.69) is 59.5 Å². The van der Waals surface area contributed by atoms with Crippen molar-refractivity contribution in [2.75, 3.05) is 71.2 Å². The van der Waals surface area contributed by atoms with Gasteiger partial charge in [0.25, 0.3) is 0 Å². The van der Waals surface area contributed by atoms with Gasteiger partial charge in [-0.25, -0.2) is 0 Å². The molecule has 2 fully saturated rings. The van der Waals surface area contributed by atoms with E-state index in [0.717, 1.165) is 32.1 Å². The number of halogens is 1. The van der Waals surface area contributed by atoms with Crippen LogP contribution in [0.15, 0.2) is 4.99 Å². The van der Waals surface area contributed by atoms with Gasteiger partial charge in [-0.1, -0.05) is 6.92 Å². The Morgan fingerprint density at radius 2 is 1.73 bits per heavy atom. The van der Waals surface area contributed by atoms with Gasteiger partial charge >= 0.3 is 0 Å². The lowest BCUT2D eigenvalue weighted by Crippen LogP contribution is -2.51. The van der Waals surface area contributed by atoms with Crippen LogP contribution in [0.3, 0.4) is 0 Å². The Morgan fingerprint density at radius 1 is 1.04 bits per heavy atom. The summed E-state index contributed by atoms with van der Waals surface area (Å²) in [6.07, 6.45) is 2.45. The number of likely N-dealkylation sites (N-methyl/N-ethyl adjacent to an activating group) is 1. The number of guanidine groups is 1. The fraction of sp³-hybridized carbons (Fsp3) is 0.947. The maximum absolute atomic E-state index is 4.91. The Labute approximate surface area is 182 Å². The van der Waals surface area contributed by atoms with Crippen LogP contribution in [-0.2, 0) is 0 Å². The molecule has 0 atom stereocenters. The van der Waals surface area contributed by atoms with Gasteiger partial charge in [-0.2, -0.15) is 11.8 Å². The summed E-state index contributed by atoms with van der Waals surface area (Å²) in [6.45, 7) is 20.6. The summed E-state index contributed by atoms with van der Waals surface area (Å²) in [4.78, 5) is 12.5. The van der Waals surface area contributed by atoms with Gasteiger partial charge in [0.05, 0.1) is 0 Å². The van der Waals surface area contributed by atoms with E-state index >= 15 is 0 Å². The Kier molecular flexibility index (Phi) is 11.8. The number of nitrogens with one attached hydrogen (secondary N) is 1. The molecule has 26 heavy (non-hydrogen) atoms. The summed E-state index contributed by atoms with van der Waals surface area (Å²) in [6, 6.07) is 0. The van der Waals surface area contributed by atoms with Gasteiger partial charge < -0.3 is 20.0 Å². The number of hydrogen-bond donors (Lipinski definition) is 1. The van der Waals surface area contributed by atoms with Crippen molar-refractivity contribution < 1.29 is 0 Å². The number of thioether (sulfide) groups is 1. The number of nitrogens with zero attached hydrogens (tertiary/aromatic N) is 4. The van der Waals surface area contributed by atoms with Crippen molar-refractivity contribution in [2.45, 2.75) is 45.3 Å². The normalized spacial score (nSPS) is 22.2. The van der Waals surface area contributed by atoms with Crippen molar-refractivity contribution in [1.29, 1.82) is 0 Å². The van der Waals surface area contributed by atoms with Crippen LogP contribution in [-0.4, -0.2) is 96.6 Å². The minimum atomic E-state index is 0. The van der Waals surface area contributed by atoms with Crippen LogP contribution in [0, 0.1) is 0 Å². The van der Waals surface area contributed by atoms with Gasteiger partial charge in [-0.3, -0.25) is 4.99 Å². The molecule has 0 amide bonds. The molecule has 0 aliphatic carbocycles. The zero-order valence-electron chi connectivity index (χ0n) is 17.3. The summed E-state index contributed by atoms with van der Waals surface area (Å²) in [7, 11) is 0. The Bertz CT molecular complexity index is 411. The molecule has 2 aliphatic rings. The molecular formula is C19H40IN5S. The smallest absolute Gasteiger partial charge is 0.193 e. The SMILES string of the molecule is CCNC(=NCCCCN1CCN(CC)CC1)N1CCSC(C)(C)C1.I. The minimum Gasteiger partial charge on any atom is -0.357 e. The molecule has 0 bridgehead atoms. The summed E-state index contributed by atoms with van der Waals surface area (Å²) in [5.74, 6) is 2.31. The van der Waals surface area contributed by atoms with Crippen LogP contribution in [0.5, 0.6) is 0 Å². The minimum absolute atomic E-state index is 0. The number of unbranched alkanes of at least 4 members (excludes halogenated alkanes) is 1. The third kappa shape index (κ3) is 8.52. The van der Waals surface area contributed by atoms with Gasteiger partial charge in [0.15, 0.2) is 5.96 Å². The highest BCUT2D eigenvalue weighted by molar-refractivity contribution is 14.0. The molecule has 2 rings (SSSR count). The fourth-order valence-corrected chi connectivity index (χ4v) is 4.70. The molecule has 154 valence electrons. The highest BCUT2D eigenvalue weighted by Gasteiger charge is 2.28. The average molecular weight is 498 g/mol. The quantitative estimate of drug-likeness (QED) is 0.253. The summed E-state index contributed by atoms with van der Waals surface area (Å²) in [5, 5.41) is 3.49. The standard InChI is InChI=1S/C19H39N5S.HI/c1-5-20-18(24-15-16-25-19(3,4)17-24)21-9-7-8-10-23-13-11-22(6-2)12-14-23;/h5-17H2,1-4H3,(H,20,21);1H. The zero-order valence-corrected chi connectivity index (χ0v) is 20.4. The van der Waals surface area contributed by atoms with Crippen LogP contribution in [0.2, 0.25) is 0 Å². The van der Waals surface area contributed by atoms with E-state index in [1.54, 1.807) is 0 Å². The number of aliphatic imine (C=N–C) groups is 1. The first-order valence-electron chi connectivity index (χ1n) is 10.2. The molecule has 2 aliphatic heterocycles. The fourth-order valence-electron chi connectivity index (χ4n) is 3.58. The van der Waals surface area contributed by atoms with Gasteiger partial charge in [0.2, 0.25) is 0 Å². The first-order valence-corrected chi connectivity index (χ1v) is 11.1. The monoisotopic (exact) mass is 497 g/mol. The highest BCUT2D eigenvalue weighted by Crippen LogP contribution is 2.29. The van der Waals surface area contributed by atoms with Gasteiger partial charge in [0, 0.05) is 62.9 Å². The summed E-state index contributed by atoms with van der Waals surface area (Å²) >= 11 is 2.08.